The molecule has 0 fully saturated rings. The lowest BCUT2D eigenvalue weighted by atomic mass is 10.1. The zero-order chi connectivity index (χ0) is 23.1. The van der Waals surface area contributed by atoms with Gasteiger partial charge in [-0.1, -0.05) is 11.6 Å². The van der Waals surface area contributed by atoms with Crippen LogP contribution >= 0.6 is 11.6 Å². The van der Waals surface area contributed by atoms with E-state index in [0.717, 1.165) is 0 Å². The summed E-state index contributed by atoms with van der Waals surface area (Å²) < 4.78 is 21.7. The number of benzene rings is 1. The third kappa shape index (κ3) is 3.94. The summed E-state index contributed by atoms with van der Waals surface area (Å²) in [5, 5.41) is 3.20. The summed E-state index contributed by atoms with van der Waals surface area (Å²) in [5.41, 5.74) is 2.69. The quantitative estimate of drug-likeness (QED) is 0.398. The number of rotatable bonds is 4. The fraction of sp³-hybridized carbons (Fsp3) is 0.0870. The van der Waals surface area contributed by atoms with E-state index >= 15 is 0 Å². The maximum Gasteiger partial charge on any atom is 0.293 e. The number of aryl methyl sites for hydroxylation is 2. The first kappa shape index (κ1) is 20.8. The van der Waals surface area contributed by atoms with E-state index < -0.39 is 11.7 Å². The number of pyridine rings is 1. The largest absolute Gasteiger partial charge is 0.436 e. The number of hydrogen-bond donors (Lipinski definition) is 1. The van der Waals surface area contributed by atoms with E-state index in [0.29, 0.717) is 45.0 Å². The standard InChI is InChI=1S/C23H16ClFN6O2/c1-12-21(33-13(2)28-12)22(32)29-15-5-6-18(25)16(8-15)19-11-31-10-14(9-27-23(31)30-19)20-17(24)4-3-7-26-20/h3-11H,1-2H3,(H,29,32). The molecule has 5 aromatic rings. The van der Waals surface area contributed by atoms with Gasteiger partial charge >= 0.3 is 0 Å². The number of imidazole rings is 1. The molecular weight excluding hydrogens is 447 g/mol. The number of fused-ring (bicyclic) bond motifs is 1. The van der Waals surface area contributed by atoms with Gasteiger partial charge in [-0.05, 0) is 37.3 Å². The monoisotopic (exact) mass is 462 g/mol. The minimum atomic E-state index is -0.490. The summed E-state index contributed by atoms with van der Waals surface area (Å²) in [6, 6.07) is 7.71. The summed E-state index contributed by atoms with van der Waals surface area (Å²) in [5.74, 6) is -0.0882. The molecule has 0 aliphatic rings. The van der Waals surface area contributed by atoms with Gasteiger partial charge in [0.2, 0.25) is 11.5 Å². The Kier molecular flexibility index (Phi) is 5.10. The van der Waals surface area contributed by atoms with Crippen molar-refractivity contribution in [3.63, 3.8) is 0 Å². The molecule has 0 saturated carbocycles. The third-order valence-electron chi connectivity index (χ3n) is 4.95. The molecule has 33 heavy (non-hydrogen) atoms. The second-order valence-electron chi connectivity index (χ2n) is 7.31. The number of carbonyl (C=O) groups is 1. The van der Waals surface area contributed by atoms with Gasteiger partial charge in [-0.2, -0.15) is 0 Å². The molecule has 8 nitrogen and oxygen atoms in total. The van der Waals surface area contributed by atoms with Gasteiger partial charge in [-0.15, -0.1) is 0 Å². The molecule has 0 aliphatic carbocycles. The van der Waals surface area contributed by atoms with Crippen LogP contribution in [-0.2, 0) is 0 Å². The lowest BCUT2D eigenvalue weighted by Crippen LogP contribution is -2.12. The molecule has 10 heteroatoms. The highest BCUT2D eigenvalue weighted by molar-refractivity contribution is 6.33. The highest BCUT2D eigenvalue weighted by Crippen LogP contribution is 2.28. The lowest BCUT2D eigenvalue weighted by molar-refractivity contribution is 0.0994. The van der Waals surface area contributed by atoms with Gasteiger partial charge in [0.1, 0.15) is 5.82 Å². The topological polar surface area (TPSA) is 98.2 Å². The molecule has 0 atom stereocenters. The Labute approximate surface area is 192 Å². The number of aromatic nitrogens is 5. The van der Waals surface area contributed by atoms with Crippen LogP contribution in [0, 0.1) is 19.7 Å². The fourth-order valence-electron chi connectivity index (χ4n) is 3.46. The van der Waals surface area contributed by atoms with Gasteiger partial charge < -0.3 is 9.73 Å². The molecule has 164 valence electrons. The molecule has 0 unspecified atom stereocenters. The van der Waals surface area contributed by atoms with E-state index in [2.05, 4.69) is 25.3 Å². The molecule has 1 amide bonds. The molecular formula is C23H16ClFN6O2. The third-order valence-corrected chi connectivity index (χ3v) is 5.26. The van der Waals surface area contributed by atoms with Crippen molar-refractivity contribution in [2.45, 2.75) is 13.8 Å². The van der Waals surface area contributed by atoms with Crippen molar-refractivity contribution in [2.24, 2.45) is 0 Å². The molecule has 0 bridgehead atoms. The number of halogens is 2. The zero-order valence-electron chi connectivity index (χ0n) is 17.5. The van der Waals surface area contributed by atoms with Crippen molar-refractivity contribution in [1.29, 1.82) is 0 Å². The lowest BCUT2D eigenvalue weighted by Gasteiger charge is -2.06. The minimum absolute atomic E-state index is 0.107. The van der Waals surface area contributed by atoms with Crippen molar-refractivity contribution >= 4 is 29.0 Å². The van der Waals surface area contributed by atoms with E-state index in [1.807, 2.05) is 0 Å². The Morgan fingerprint density at radius 1 is 1.15 bits per heavy atom. The van der Waals surface area contributed by atoms with Crippen LogP contribution in [0.25, 0.3) is 28.3 Å². The first-order valence-corrected chi connectivity index (χ1v) is 10.3. The molecule has 5 rings (SSSR count). The van der Waals surface area contributed by atoms with Crippen LogP contribution in [0.5, 0.6) is 0 Å². The van der Waals surface area contributed by atoms with Gasteiger partial charge in [-0.3, -0.25) is 14.2 Å². The number of nitrogens with zero attached hydrogens (tertiary/aromatic N) is 5. The maximum absolute atomic E-state index is 14.7. The van der Waals surface area contributed by atoms with Crippen LogP contribution < -0.4 is 5.32 Å². The van der Waals surface area contributed by atoms with Crippen molar-refractivity contribution in [2.75, 3.05) is 5.32 Å². The van der Waals surface area contributed by atoms with E-state index in [-0.39, 0.29) is 11.3 Å². The molecule has 1 aromatic carbocycles. The first-order valence-electron chi connectivity index (χ1n) is 9.90. The number of oxazole rings is 1. The van der Waals surface area contributed by atoms with Crippen molar-refractivity contribution < 1.29 is 13.6 Å². The van der Waals surface area contributed by atoms with E-state index in [1.54, 1.807) is 55.2 Å². The summed E-state index contributed by atoms with van der Waals surface area (Å²) in [6.07, 6.45) is 6.67. The Bertz CT molecular complexity index is 1530. The Hall–Kier alpha value is -4.11. The van der Waals surface area contributed by atoms with Crippen LogP contribution in [0.2, 0.25) is 5.02 Å². The number of amides is 1. The van der Waals surface area contributed by atoms with E-state index in [9.17, 15) is 9.18 Å². The van der Waals surface area contributed by atoms with Crippen LogP contribution in [0.4, 0.5) is 10.1 Å². The predicted octanol–water partition coefficient (Wildman–Crippen LogP) is 5.11. The second-order valence-corrected chi connectivity index (χ2v) is 7.71. The summed E-state index contributed by atoms with van der Waals surface area (Å²) in [6.45, 7) is 3.34. The summed E-state index contributed by atoms with van der Waals surface area (Å²) in [4.78, 5) is 29.7. The van der Waals surface area contributed by atoms with E-state index in [1.165, 1.54) is 18.2 Å². The summed E-state index contributed by atoms with van der Waals surface area (Å²) >= 11 is 6.24. The zero-order valence-corrected chi connectivity index (χ0v) is 18.3. The Balaban J connectivity index is 1.48. The highest BCUT2D eigenvalue weighted by atomic mass is 35.5. The minimum Gasteiger partial charge on any atom is -0.436 e. The van der Waals surface area contributed by atoms with Crippen molar-refractivity contribution in [1.82, 2.24) is 24.3 Å². The number of nitrogens with one attached hydrogen (secondary N) is 1. The van der Waals surface area contributed by atoms with Gasteiger partial charge in [-0.25, -0.2) is 19.3 Å². The number of hydrogen-bond acceptors (Lipinski definition) is 6. The van der Waals surface area contributed by atoms with Crippen LogP contribution in [-0.4, -0.2) is 30.2 Å². The molecule has 0 radical (unpaired) electrons. The van der Waals surface area contributed by atoms with Gasteiger partial charge in [0.15, 0.2) is 5.89 Å². The SMILES string of the molecule is Cc1nc(C)c(C(=O)Nc2ccc(F)c(-c3cn4cc(-c5ncccc5Cl)cnc4n3)c2)o1. The average Bonchev–Trinajstić information content (AvgIpc) is 3.37. The molecule has 0 saturated heterocycles. The molecule has 0 spiro atoms. The number of carbonyl (C=O) groups excluding carboxylic acids is 1. The molecule has 0 aliphatic heterocycles. The summed E-state index contributed by atoms with van der Waals surface area (Å²) in [7, 11) is 0. The molecule has 4 heterocycles. The van der Waals surface area contributed by atoms with Crippen LogP contribution in [0.3, 0.4) is 0 Å². The van der Waals surface area contributed by atoms with Crippen LogP contribution in [0.1, 0.15) is 22.1 Å². The Morgan fingerprint density at radius 3 is 2.76 bits per heavy atom. The normalized spacial score (nSPS) is 11.2. The van der Waals surface area contributed by atoms with Crippen molar-refractivity contribution in [3.8, 4) is 22.5 Å². The van der Waals surface area contributed by atoms with Crippen molar-refractivity contribution in [3.05, 3.63) is 83.3 Å². The van der Waals surface area contributed by atoms with Gasteiger partial charge in [0.05, 0.1) is 22.1 Å². The average molecular weight is 463 g/mol. The fourth-order valence-corrected chi connectivity index (χ4v) is 3.69. The van der Waals surface area contributed by atoms with E-state index in [4.69, 9.17) is 16.0 Å². The smallest absolute Gasteiger partial charge is 0.293 e. The van der Waals surface area contributed by atoms with Gasteiger partial charge in [0, 0.05) is 48.5 Å². The van der Waals surface area contributed by atoms with Gasteiger partial charge in [0.25, 0.3) is 5.91 Å². The second kappa shape index (κ2) is 8.10. The maximum atomic E-state index is 14.7. The number of anilines is 1. The predicted molar refractivity (Wildman–Crippen MR) is 121 cm³/mol. The first-order chi connectivity index (χ1) is 15.9. The molecule has 4 aromatic heterocycles. The Morgan fingerprint density at radius 2 is 2.00 bits per heavy atom. The highest BCUT2D eigenvalue weighted by Gasteiger charge is 2.18. The molecule has 1 N–H and O–H groups in total. The van der Waals surface area contributed by atoms with Crippen LogP contribution in [0.15, 0.2) is 59.5 Å².